The fourth-order valence-corrected chi connectivity index (χ4v) is 5.00. The predicted octanol–water partition coefficient (Wildman–Crippen LogP) is 9.08. The maximum Gasteiger partial charge on any atom is 0.340 e. The second kappa shape index (κ2) is 15.1. The maximum atomic E-state index is 11.8. The van der Waals surface area contributed by atoms with E-state index >= 15 is 0 Å². The average Bonchev–Trinajstić information content (AvgIpc) is 2.93. The highest BCUT2D eigenvalue weighted by Crippen LogP contribution is 2.38. The second-order valence-corrected chi connectivity index (χ2v) is 10.9. The Morgan fingerprint density at radius 1 is 0.707 bits per heavy atom. The van der Waals surface area contributed by atoms with Crippen molar-refractivity contribution in [3.05, 3.63) is 120 Å². The summed E-state index contributed by atoms with van der Waals surface area (Å²) >= 11 is 18.8. The van der Waals surface area contributed by atoms with Crippen LogP contribution in [0.15, 0.2) is 81.7 Å². The summed E-state index contributed by atoms with van der Waals surface area (Å²) in [5, 5.41) is 19.6. The van der Waals surface area contributed by atoms with Gasteiger partial charge in [-0.25, -0.2) is 9.59 Å². The molecule has 7 nitrogen and oxygen atoms in total. The molecular weight excluding hydrogens is 703 g/mol. The summed E-state index contributed by atoms with van der Waals surface area (Å²) in [4.78, 5) is 22.6. The van der Waals surface area contributed by atoms with Crippen LogP contribution in [0.3, 0.4) is 0 Å². The van der Waals surface area contributed by atoms with Crippen molar-refractivity contribution < 1.29 is 34.0 Å². The number of rotatable bonds is 9. The van der Waals surface area contributed by atoms with Crippen LogP contribution in [-0.2, 0) is 13.2 Å². The Hall–Kier alpha value is -3.24. The van der Waals surface area contributed by atoms with E-state index in [4.69, 9.17) is 42.5 Å². The van der Waals surface area contributed by atoms with Gasteiger partial charge in [0.05, 0.1) is 7.11 Å². The molecule has 0 aliphatic rings. The molecule has 0 atom stereocenters. The first-order valence-electron chi connectivity index (χ1n) is 11.9. The topological polar surface area (TPSA) is 102 Å². The molecule has 2 N–H and O–H groups in total. The summed E-state index contributed by atoms with van der Waals surface area (Å²) < 4.78 is 17.6. The molecule has 0 spiro atoms. The molecule has 0 saturated carbocycles. The molecule has 214 valence electrons. The number of hydrogen-bond donors (Lipinski definition) is 2. The number of carboxylic acids is 2. The van der Waals surface area contributed by atoms with E-state index in [1.807, 2.05) is 36.4 Å². The van der Waals surface area contributed by atoms with Crippen molar-refractivity contribution in [3.63, 3.8) is 0 Å². The van der Waals surface area contributed by atoms with E-state index in [1.54, 1.807) is 43.3 Å². The van der Waals surface area contributed by atoms with Gasteiger partial charge in [-0.1, -0.05) is 65.7 Å². The van der Waals surface area contributed by atoms with Crippen molar-refractivity contribution in [3.8, 4) is 17.2 Å². The van der Waals surface area contributed by atoms with E-state index in [2.05, 4.69) is 31.9 Å². The van der Waals surface area contributed by atoms with Crippen LogP contribution in [0.1, 0.15) is 37.4 Å². The molecule has 0 aliphatic carbocycles. The van der Waals surface area contributed by atoms with Crippen LogP contribution in [0.4, 0.5) is 0 Å². The lowest BCUT2D eigenvalue weighted by atomic mass is 10.1. The summed E-state index contributed by atoms with van der Waals surface area (Å²) in [6.45, 7) is 2.07. The first-order chi connectivity index (χ1) is 19.5. The van der Waals surface area contributed by atoms with Gasteiger partial charge in [-0.2, -0.15) is 0 Å². The van der Waals surface area contributed by atoms with Gasteiger partial charge in [-0.15, -0.1) is 0 Å². The molecule has 0 aromatic heterocycles. The summed E-state index contributed by atoms with van der Waals surface area (Å²) in [6.07, 6.45) is 0. The number of halogens is 4. The Morgan fingerprint density at radius 3 is 1.63 bits per heavy atom. The average molecular weight is 727 g/mol. The number of aromatic carboxylic acids is 2. The van der Waals surface area contributed by atoms with Crippen molar-refractivity contribution in [2.24, 2.45) is 0 Å². The van der Waals surface area contributed by atoms with Gasteiger partial charge in [-0.05, 0) is 74.7 Å². The lowest BCUT2D eigenvalue weighted by Gasteiger charge is -2.17. The molecule has 0 aliphatic heterocycles. The third-order valence-corrected chi connectivity index (χ3v) is 7.74. The molecule has 11 heteroatoms. The summed E-state index contributed by atoms with van der Waals surface area (Å²) in [6, 6.07) is 21.2. The zero-order chi connectivity index (χ0) is 30.1. The Labute approximate surface area is 263 Å². The molecule has 0 unspecified atom stereocenters. The zero-order valence-corrected chi connectivity index (χ0v) is 26.5. The molecule has 4 rings (SSSR count). The normalized spacial score (nSPS) is 10.3. The number of hydrogen-bond acceptors (Lipinski definition) is 5. The van der Waals surface area contributed by atoms with Crippen molar-refractivity contribution in [2.75, 3.05) is 7.11 Å². The van der Waals surface area contributed by atoms with Crippen LogP contribution in [0.2, 0.25) is 10.0 Å². The first-order valence-corrected chi connectivity index (χ1v) is 14.2. The molecule has 0 fully saturated rings. The Balaban J connectivity index is 0.000000298. The van der Waals surface area contributed by atoms with E-state index < -0.39 is 11.9 Å². The Bertz CT molecular complexity index is 1560. The van der Waals surface area contributed by atoms with Crippen LogP contribution < -0.4 is 14.2 Å². The van der Waals surface area contributed by atoms with Gasteiger partial charge in [0.15, 0.2) is 11.5 Å². The number of methoxy groups -OCH3 is 1. The SMILES string of the molecule is COc1c(C)ccc(Br)c1C(=O)O.O=C(O)c1c(Br)ccc(OCc2ccccc2Cl)c1OCc1ccccc1Cl. The standard InChI is InChI=1S/C21H15BrCl2O4.C9H9BrO3/c22-15-9-10-18(27-11-13-5-1-3-7-16(13)23)20(19(15)21(25)26)28-12-14-6-2-4-8-17(14)24;1-5-3-4-6(10)7(9(11)12)8(5)13-2/h1-10H,11-12H2,(H,25,26);3-4H,1-2H3,(H,11,12). The molecule has 0 heterocycles. The van der Waals surface area contributed by atoms with Crippen molar-refractivity contribution in [1.29, 1.82) is 0 Å². The number of carboxylic acid groups (broad SMARTS) is 2. The Kier molecular flexibility index (Phi) is 11.9. The summed E-state index contributed by atoms with van der Waals surface area (Å²) in [5.41, 5.74) is 2.47. The van der Waals surface area contributed by atoms with Gasteiger partial charge < -0.3 is 24.4 Å². The van der Waals surface area contributed by atoms with Crippen LogP contribution in [0.5, 0.6) is 17.2 Å². The van der Waals surface area contributed by atoms with Crippen LogP contribution in [-0.4, -0.2) is 29.3 Å². The highest BCUT2D eigenvalue weighted by atomic mass is 79.9. The van der Waals surface area contributed by atoms with Gasteiger partial charge in [-0.3, -0.25) is 0 Å². The van der Waals surface area contributed by atoms with Gasteiger partial charge in [0.1, 0.15) is 30.1 Å². The fourth-order valence-electron chi connectivity index (χ4n) is 3.66. The van der Waals surface area contributed by atoms with Crippen molar-refractivity contribution in [1.82, 2.24) is 0 Å². The third-order valence-electron chi connectivity index (χ3n) is 5.68. The molecule has 0 amide bonds. The van der Waals surface area contributed by atoms with E-state index in [0.717, 1.165) is 16.7 Å². The predicted molar refractivity (Wildman–Crippen MR) is 165 cm³/mol. The molecule has 4 aromatic carbocycles. The van der Waals surface area contributed by atoms with Crippen molar-refractivity contribution in [2.45, 2.75) is 20.1 Å². The van der Waals surface area contributed by atoms with Gasteiger partial charge in [0.2, 0.25) is 0 Å². The van der Waals surface area contributed by atoms with E-state index in [1.165, 1.54) is 7.11 Å². The number of ether oxygens (including phenoxy) is 3. The van der Waals surface area contributed by atoms with E-state index in [9.17, 15) is 14.7 Å². The van der Waals surface area contributed by atoms with E-state index in [-0.39, 0.29) is 30.1 Å². The van der Waals surface area contributed by atoms with Gasteiger partial charge in [0.25, 0.3) is 0 Å². The lowest BCUT2D eigenvalue weighted by Crippen LogP contribution is -2.08. The van der Waals surface area contributed by atoms with Crippen LogP contribution >= 0.6 is 55.1 Å². The van der Waals surface area contributed by atoms with Gasteiger partial charge >= 0.3 is 11.9 Å². The molecule has 4 aromatic rings. The molecule has 0 radical (unpaired) electrons. The third kappa shape index (κ3) is 8.39. The molecular formula is C30H24Br2Cl2O7. The van der Waals surface area contributed by atoms with E-state index in [0.29, 0.717) is 30.5 Å². The second-order valence-electron chi connectivity index (χ2n) is 8.39. The van der Waals surface area contributed by atoms with Gasteiger partial charge in [0, 0.05) is 30.1 Å². The van der Waals surface area contributed by atoms with Crippen LogP contribution in [0, 0.1) is 6.92 Å². The highest BCUT2D eigenvalue weighted by Gasteiger charge is 2.22. The fraction of sp³-hybridized carbons (Fsp3) is 0.133. The maximum absolute atomic E-state index is 11.8. The number of benzene rings is 4. The molecule has 0 bridgehead atoms. The van der Waals surface area contributed by atoms with Crippen LogP contribution in [0.25, 0.3) is 0 Å². The Morgan fingerprint density at radius 2 is 1.17 bits per heavy atom. The molecule has 41 heavy (non-hydrogen) atoms. The number of aryl methyl sites for hydroxylation is 1. The minimum atomic E-state index is -1.13. The largest absolute Gasteiger partial charge is 0.496 e. The summed E-state index contributed by atoms with van der Waals surface area (Å²) in [7, 11) is 1.46. The smallest absolute Gasteiger partial charge is 0.340 e. The zero-order valence-electron chi connectivity index (χ0n) is 21.8. The molecule has 0 saturated heterocycles. The minimum absolute atomic E-state index is 0.0243. The lowest BCUT2D eigenvalue weighted by molar-refractivity contribution is 0.0679. The highest BCUT2D eigenvalue weighted by molar-refractivity contribution is 9.10. The quantitative estimate of drug-likeness (QED) is 0.177. The van der Waals surface area contributed by atoms with Crippen molar-refractivity contribution >= 4 is 67.0 Å². The number of carbonyl (C=O) groups is 2. The summed E-state index contributed by atoms with van der Waals surface area (Å²) in [5.74, 6) is -1.31. The minimum Gasteiger partial charge on any atom is -0.496 e. The first kappa shape index (κ1) is 32.3. The monoisotopic (exact) mass is 724 g/mol.